The third kappa shape index (κ3) is 2.72. The van der Waals surface area contributed by atoms with E-state index in [9.17, 15) is 13.5 Å². The lowest BCUT2D eigenvalue weighted by atomic mass is 9.93. The Morgan fingerprint density at radius 1 is 1.29 bits per heavy atom. The molecule has 0 amide bonds. The highest BCUT2D eigenvalue weighted by Crippen LogP contribution is 2.35. The van der Waals surface area contributed by atoms with Gasteiger partial charge >= 0.3 is 0 Å². The van der Waals surface area contributed by atoms with E-state index in [-0.39, 0.29) is 16.9 Å². The maximum absolute atomic E-state index is 12.3. The van der Waals surface area contributed by atoms with Crippen molar-refractivity contribution in [3.63, 3.8) is 0 Å². The number of rotatable bonds is 3. The third-order valence-electron chi connectivity index (χ3n) is 4.01. The second kappa shape index (κ2) is 5.33. The molecule has 1 aromatic carbocycles. The van der Waals surface area contributed by atoms with E-state index in [0.717, 1.165) is 5.56 Å². The second-order valence-corrected chi connectivity index (χ2v) is 7.13. The Bertz CT molecular complexity index is 611. The molecule has 2 aliphatic heterocycles. The van der Waals surface area contributed by atoms with Crippen molar-refractivity contribution in [2.24, 2.45) is 5.92 Å². The lowest BCUT2D eigenvalue weighted by molar-refractivity contribution is -0.200. The lowest BCUT2D eigenvalue weighted by Crippen LogP contribution is -2.51. The van der Waals surface area contributed by atoms with Gasteiger partial charge in [0.15, 0.2) is 12.4 Å². The fourth-order valence-electron chi connectivity index (χ4n) is 2.58. The van der Waals surface area contributed by atoms with Gasteiger partial charge in [0.1, 0.15) is 0 Å². The molecular formula is C14H18O6S. The molecule has 1 aromatic rings. The van der Waals surface area contributed by atoms with Gasteiger partial charge in [-0.2, -0.15) is 8.42 Å². The minimum atomic E-state index is -3.98. The van der Waals surface area contributed by atoms with Crippen LogP contribution < -0.4 is 0 Å². The summed E-state index contributed by atoms with van der Waals surface area (Å²) in [5.74, 6) is -0.248. The third-order valence-corrected chi connectivity index (χ3v) is 5.34. The van der Waals surface area contributed by atoms with Crippen LogP contribution in [0.5, 0.6) is 0 Å². The SMILES string of the molecule is Cc1ccc(S(=O)(=O)OC2C3OCC(O3)C(C)C2O)cc1. The van der Waals surface area contributed by atoms with E-state index in [0.29, 0.717) is 6.61 Å². The van der Waals surface area contributed by atoms with E-state index in [1.165, 1.54) is 12.1 Å². The topological polar surface area (TPSA) is 82.1 Å². The van der Waals surface area contributed by atoms with E-state index >= 15 is 0 Å². The molecule has 0 spiro atoms. The van der Waals surface area contributed by atoms with Gasteiger partial charge in [-0.1, -0.05) is 24.6 Å². The molecular weight excluding hydrogens is 296 g/mol. The largest absolute Gasteiger partial charge is 0.390 e. The summed E-state index contributed by atoms with van der Waals surface area (Å²) in [6.07, 6.45) is -3.06. The molecule has 7 heteroatoms. The van der Waals surface area contributed by atoms with Crippen LogP contribution in [0.2, 0.25) is 0 Å². The van der Waals surface area contributed by atoms with Crippen LogP contribution in [0.1, 0.15) is 12.5 Å². The predicted octanol–water partition coefficient (Wildman–Crippen LogP) is 0.821. The first kappa shape index (κ1) is 14.9. The molecule has 0 radical (unpaired) electrons. The molecule has 5 atom stereocenters. The number of aliphatic hydroxyl groups is 1. The molecule has 21 heavy (non-hydrogen) atoms. The predicted molar refractivity (Wildman–Crippen MR) is 73.0 cm³/mol. The Morgan fingerprint density at radius 3 is 2.62 bits per heavy atom. The summed E-state index contributed by atoms with van der Waals surface area (Å²) in [6.45, 7) is 3.99. The summed E-state index contributed by atoms with van der Waals surface area (Å²) in [5.41, 5.74) is 0.950. The first-order valence-electron chi connectivity index (χ1n) is 6.83. The Morgan fingerprint density at radius 2 is 1.95 bits per heavy atom. The van der Waals surface area contributed by atoms with Gasteiger partial charge in [0.2, 0.25) is 0 Å². The van der Waals surface area contributed by atoms with Gasteiger partial charge in [0, 0.05) is 5.92 Å². The average Bonchev–Trinajstić information content (AvgIpc) is 2.89. The Hall–Kier alpha value is -0.990. The highest BCUT2D eigenvalue weighted by atomic mass is 32.2. The molecule has 2 saturated heterocycles. The molecule has 1 N–H and O–H groups in total. The van der Waals surface area contributed by atoms with Crippen molar-refractivity contribution in [3.8, 4) is 0 Å². The highest BCUT2D eigenvalue weighted by molar-refractivity contribution is 7.86. The normalized spacial score (nSPS) is 35.9. The van der Waals surface area contributed by atoms with Crippen LogP contribution >= 0.6 is 0 Å². The Labute approximate surface area is 123 Å². The van der Waals surface area contributed by atoms with Crippen molar-refractivity contribution in [1.29, 1.82) is 0 Å². The number of benzene rings is 1. The van der Waals surface area contributed by atoms with E-state index in [1.807, 2.05) is 6.92 Å². The number of aliphatic hydroxyl groups excluding tert-OH is 1. The van der Waals surface area contributed by atoms with E-state index in [4.69, 9.17) is 13.7 Å². The second-order valence-electron chi connectivity index (χ2n) is 5.55. The van der Waals surface area contributed by atoms with Crippen LogP contribution in [0.3, 0.4) is 0 Å². The molecule has 116 valence electrons. The van der Waals surface area contributed by atoms with Gasteiger partial charge in [-0.15, -0.1) is 0 Å². The first-order valence-corrected chi connectivity index (χ1v) is 8.24. The molecule has 6 nitrogen and oxygen atoms in total. The summed E-state index contributed by atoms with van der Waals surface area (Å²) in [5, 5.41) is 10.2. The van der Waals surface area contributed by atoms with Gasteiger partial charge in [-0.05, 0) is 19.1 Å². The van der Waals surface area contributed by atoms with Crippen LogP contribution in [-0.2, 0) is 23.8 Å². The summed E-state index contributed by atoms with van der Waals surface area (Å²) >= 11 is 0. The lowest BCUT2D eigenvalue weighted by Gasteiger charge is -2.35. The molecule has 2 fully saturated rings. The molecule has 5 unspecified atom stereocenters. The van der Waals surface area contributed by atoms with Crippen LogP contribution in [0.15, 0.2) is 29.2 Å². The van der Waals surface area contributed by atoms with E-state index in [1.54, 1.807) is 19.1 Å². The first-order chi connectivity index (χ1) is 9.88. The summed E-state index contributed by atoms with van der Waals surface area (Å²) in [7, 11) is -3.98. The van der Waals surface area contributed by atoms with Gasteiger partial charge < -0.3 is 14.6 Å². The van der Waals surface area contributed by atoms with Crippen molar-refractivity contribution < 1.29 is 27.2 Å². The molecule has 2 heterocycles. The monoisotopic (exact) mass is 314 g/mol. The maximum Gasteiger partial charge on any atom is 0.297 e. The van der Waals surface area contributed by atoms with Crippen LogP contribution in [0, 0.1) is 12.8 Å². The van der Waals surface area contributed by atoms with E-state index < -0.39 is 28.6 Å². The molecule has 2 aliphatic rings. The van der Waals surface area contributed by atoms with Crippen LogP contribution in [0.4, 0.5) is 0 Å². The summed E-state index contributed by atoms with van der Waals surface area (Å²) in [6, 6.07) is 6.33. The van der Waals surface area contributed by atoms with E-state index in [2.05, 4.69) is 0 Å². The zero-order valence-electron chi connectivity index (χ0n) is 11.8. The maximum atomic E-state index is 12.3. The molecule has 0 aliphatic carbocycles. The number of hydrogen-bond donors (Lipinski definition) is 1. The fourth-order valence-corrected chi connectivity index (χ4v) is 3.66. The minimum Gasteiger partial charge on any atom is -0.390 e. The summed E-state index contributed by atoms with van der Waals surface area (Å²) in [4.78, 5) is 0.0491. The van der Waals surface area contributed by atoms with Gasteiger partial charge in [0.25, 0.3) is 10.1 Å². The van der Waals surface area contributed by atoms with Crippen molar-refractivity contribution in [3.05, 3.63) is 29.8 Å². The zero-order valence-corrected chi connectivity index (χ0v) is 12.6. The van der Waals surface area contributed by atoms with Gasteiger partial charge in [0.05, 0.1) is 23.7 Å². The number of aryl methyl sites for hydroxylation is 1. The van der Waals surface area contributed by atoms with Crippen LogP contribution in [-0.4, -0.2) is 44.7 Å². The smallest absolute Gasteiger partial charge is 0.297 e. The molecule has 3 rings (SSSR count). The molecule has 0 saturated carbocycles. The van der Waals surface area contributed by atoms with Crippen molar-refractivity contribution in [2.45, 2.75) is 43.3 Å². The number of hydrogen-bond acceptors (Lipinski definition) is 6. The molecule has 0 aromatic heterocycles. The summed E-state index contributed by atoms with van der Waals surface area (Å²) < 4.78 is 40.7. The van der Waals surface area contributed by atoms with Crippen molar-refractivity contribution >= 4 is 10.1 Å². The Balaban J connectivity index is 1.83. The molecule has 2 bridgehead atoms. The fraction of sp³-hybridized carbons (Fsp3) is 0.571. The quantitative estimate of drug-likeness (QED) is 0.832. The Kier molecular flexibility index (Phi) is 3.79. The highest BCUT2D eigenvalue weighted by Gasteiger charge is 2.50. The van der Waals surface area contributed by atoms with Crippen molar-refractivity contribution in [1.82, 2.24) is 0 Å². The minimum absolute atomic E-state index is 0.0491. The standard InChI is InChI=1S/C14H18O6S/c1-8-3-5-10(6-4-8)21(16,17)20-13-12(15)9(2)11-7-18-14(13)19-11/h3-6,9,11-15H,7H2,1-2H3. The van der Waals surface area contributed by atoms with Crippen LogP contribution in [0.25, 0.3) is 0 Å². The van der Waals surface area contributed by atoms with Gasteiger partial charge in [-0.3, -0.25) is 4.18 Å². The van der Waals surface area contributed by atoms with Gasteiger partial charge in [-0.25, -0.2) is 0 Å². The number of fused-ring (bicyclic) bond motifs is 2. The van der Waals surface area contributed by atoms with Crippen molar-refractivity contribution in [2.75, 3.05) is 6.61 Å². The zero-order chi connectivity index (χ0) is 15.2. The number of ether oxygens (including phenoxy) is 2. The average molecular weight is 314 g/mol.